The first kappa shape index (κ1) is 8.92. The molecule has 0 atom stereocenters. The third-order valence-electron chi connectivity index (χ3n) is 1.20. The lowest BCUT2D eigenvalue weighted by Crippen LogP contribution is -2.10. The van der Waals surface area contributed by atoms with Gasteiger partial charge in [0.15, 0.2) is 0 Å². The number of hydrogen-bond donors (Lipinski definition) is 0. The zero-order valence-electron chi connectivity index (χ0n) is 6.44. The van der Waals surface area contributed by atoms with E-state index in [0.717, 1.165) is 19.6 Å². The van der Waals surface area contributed by atoms with Gasteiger partial charge in [-0.2, -0.15) is 0 Å². The minimum absolute atomic E-state index is 0.727. The Hall–Kier alpha value is -0.0800. The van der Waals surface area contributed by atoms with Crippen molar-refractivity contribution in [1.29, 1.82) is 0 Å². The second-order valence-corrected chi connectivity index (χ2v) is 1.97. The van der Waals surface area contributed by atoms with E-state index in [2.05, 4.69) is 6.92 Å². The van der Waals surface area contributed by atoms with Crippen molar-refractivity contribution >= 4 is 0 Å². The van der Waals surface area contributed by atoms with Gasteiger partial charge in [-0.3, -0.25) is 0 Å². The number of hydrogen-bond acceptors (Lipinski definition) is 2. The predicted octanol–water partition coefficient (Wildman–Crippen LogP) is 1.26. The van der Waals surface area contributed by atoms with Gasteiger partial charge >= 0.3 is 0 Å². The highest BCUT2D eigenvalue weighted by atomic mass is 16.5. The molecule has 0 unspecified atom stereocenters. The van der Waals surface area contributed by atoms with E-state index >= 15 is 0 Å². The summed E-state index contributed by atoms with van der Waals surface area (Å²) in [5, 5.41) is 0. The molecule has 0 aliphatic heterocycles. The Morgan fingerprint density at radius 3 is 1.78 bits per heavy atom. The van der Waals surface area contributed by atoms with Crippen molar-refractivity contribution in [2.24, 2.45) is 0 Å². The summed E-state index contributed by atoms with van der Waals surface area (Å²) in [6, 6.07) is 0. The fourth-order valence-corrected chi connectivity index (χ4v) is 0.654. The molecule has 0 aromatic rings. The quantitative estimate of drug-likeness (QED) is 0.559. The first-order valence-electron chi connectivity index (χ1n) is 3.16. The van der Waals surface area contributed by atoms with Crippen molar-refractivity contribution in [2.45, 2.75) is 13.3 Å². The molecule has 0 aliphatic carbocycles. The largest absolute Gasteiger partial charge is 0.384 e. The van der Waals surface area contributed by atoms with Gasteiger partial charge in [-0.15, -0.1) is 0 Å². The average molecular weight is 131 g/mol. The fourth-order valence-electron chi connectivity index (χ4n) is 0.654. The van der Waals surface area contributed by atoms with E-state index in [1.807, 2.05) is 0 Å². The zero-order chi connectivity index (χ0) is 7.11. The molecule has 0 rings (SSSR count). The van der Waals surface area contributed by atoms with Crippen molar-refractivity contribution in [3.8, 4) is 0 Å². The van der Waals surface area contributed by atoms with Crippen molar-refractivity contribution in [2.75, 3.05) is 27.4 Å². The van der Waals surface area contributed by atoms with Crippen LogP contribution in [-0.4, -0.2) is 27.4 Å². The summed E-state index contributed by atoms with van der Waals surface area (Å²) in [7, 11) is 3.40. The van der Waals surface area contributed by atoms with Crippen molar-refractivity contribution in [3.05, 3.63) is 5.92 Å². The summed E-state index contributed by atoms with van der Waals surface area (Å²) in [4.78, 5) is 0. The van der Waals surface area contributed by atoms with E-state index in [-0.39, 0.29) is 0 Å². The zero-order valence-corrected chi connectivity index (χ0v) is 6.44. The third-order valence-corrected chi connectivity index (χ3v) is 1.20. The summed E-state index contributed by atoms with van der Waals surface area (Å²) < 4.78 is 9.86. The molecule has 2 heteroatoms. The van der Waals surface area contributed by atoms with E-state index < -0.39 is 0 Å². The van der Waals surface area contributed by atoms with Gasteiger partial charge in [0, 0.05) is 20.1 Å². The van der Waals surface area contributed by atoms with Gasteiger partial charge in [0.25, 0.3) is 0 Å². The molecule has 2 nitrogen and oxygen atoms in total. The summed E-state index contributed by atoms with van der Waals surface area (Å²) in [5.41, 5.74) is 0. The lowest BCUT2D eigenvalue weighted by atomic mass is 10.1. The smallest absolute Gasteiger partial charge is 0.0547 e. The molecule has 0 amide bonds. The van der Waals surface area contributed by atoms with Crippen LogP contribution in [0.1, 0.15) is 13.3 Å². The van der Waals surface area contributed by atoms with Crippen LogP contribution >= 0.6 is 0 Å². The SMILES string of the molecule is CC[C](COC)COC. The first-order valence-corrected chi connectivity index (χ1v) is 3.16. The van der Waals surface area contributed by atoms with Gasteiger partial charge < -0.3 is 9.47 Å². The molecule has 9 heavy (non-hydrogen) atoms. The van der Waals surface area contributed by atoms with Gasteiger partial charge in [-0.1, -0.05) is 6.92 Å². The molecule has 0 saturated heterocycles. The Labute approximate surface area is 57.2 Å². The van der Waals surface area contributed by atoms with Gasteiger partial charge in [0.05, 0.1) is 13.2 Å². The lowest BCUT2D eigenvalue weighted by molar-refractivity contribution is 0.153. The fraction of sp³-hybridized carbons (Fsp3) is 0.857. The highest BCUT2D eigenvalue weighted by Crippen LogP contribution is 2.04. The maximum Gasteiger partial charge on any atom is 0.0547 e. The predicted molar refractivity (Wildman–Crippen MR) is 37.3 cm³/mol. The van der Waals surface area contributed by atoms with E-state index in [1.54, 1.807) is 14.2 Å². The molecular formula is C7H15O2. The Balaban J connectivity index is 3.18. The van der Waals surface area contributed by atoms with Crippen LogP contribution in [0, 0.1) is 5.92 Å². The van der Waals surface area contributed by atoms with Crippen LogP contribution < -0.4 is 0 Å². The Morgan fingerprint density at radius 2 is 1.56 bits per heavy atom. The van der Waals surface area contributed by atoms with Crippen LogP contribution in [0.25, 0.3) is 0 Å². The van der Waals surface area contributed by atoms with Gasteiger partial charge in [-0.25, -0.2) is 0 Å². The maximum absolute atomic E-state index is 4.93. The Bertz CT molecular complexity index is 48.9. The molecule has 0 N–H and O–H groups in total. The van der Waals surface area contributed by atoms with Crippen LogP contribution in [0.15, 0.2) is 0 Å². The topological polar surface area (TPSA) is 18.5 Å². The molecule has 1 radical (unpaired) electrons. The second kappa shape index (κ2) is 6.05. The Morgan fingerprint density at radius 1 is 1.11 bits per heavy atom. The monoisotopic (exact) mass is 131 g/mol. The maximum atomic E-state index is 4.93. The molecule has 0 spiro atoms. The average Bonchev–Trinajstić information content (AvgIpc) is 1.88. The standard InChI is InChI=1S/C7H15O2/c1-4-7(5-8-2)6-9-3/h4-6H2,1-3H3. The molecule has 0 heterocycles. The van der Waals surface area contributed by atoms with E-state index in [1.165, 1.54) is 5.92 Å². The van der Waals surface area contributed by atoms with E-state index in [9.17, 15) is 0 Å². The lowest BCUT2D eigenvalue weighted by Gasteiger charge is -2.10. The minimum Gasteiger partial charge on any atom is -0.384 e. The van der Waals surface area contributed by atoms with Crippen LogP contribution in [0.5, 0.6) is 0 Å². The van der Waals surface area contributed by atoms with Crippen LogP contribution in [0.3, 0.4) is 0 Å². The highest BCUT2D eigenvalue weighted by molar-refractivity contribution is 4.87. The molecule has 0 aromatic carbocycles. The molecule has 0 saturated carbocycles. The van der Waals surface area contributed by atoms with Crippen molar-refractivity contribution in [1.82, 2.24) is 0 Å². The van der Waals surface area contributed by atoms with E-state index in [0.29, 0.717) is 0 Å². The van der Waals surface area contributed by atoms with Gasteiger partial charge in [0.2, 0.25) is 0 Å². The summed E-state index contributed by atoms with van der Waals surface area (Å²) >= 11 is 0. The molecule has 0 fully saturated rings. The van der Waals surface area contributed by atoms with E-state index in [4.69, 9.17) is 9.47 Å². The molecule has 0 aliphatic rings. The molecule has 55 valence electrons. The molecule has 0 aromatic heterocycles. The van der Waals surface area contributed by atoms with Crippen molar-refractivity contribution < 1.29 is 9.47 Å². The number of methoxy groups -OCH3 is 2. The number of rotatable bonds is 5. The second-order valence-electron chi connectivity index (χ2n) is 1.97. The minimum atomic E-state index is 0.727. The van der Waals surface area contributed by atoms with Crippen LogP contribution in [0.2, 0.25) is 0 Å². The summed E-state index contributed by atoms with van der Waals surface area (Å²) in [6.45, 7) is 3.56. The molecular weight excluding hydrogens is 116 g/mol. The van der Waals surface area contributed by atoms with Crippen LogP contribution in [0.4, 0.5) is 0 Å². The molecule has 0 bridgehead atoms. The number of ether oxygens (including phenoxy) is 2. The highest BCUT2D eigenvalue weighted by Gasteiger charge is 2.03. The van der Waals surface area contributed by atoms with Crippen molar-refractivity contribution in [3.63, 3.8) is 0 Å². The van der Waals surface area contributed by atoms with Gasteiger partial charge in [0.1, 0.15) is 0 Å². The summed E-state index contributed by atoms with van der Waals surface area (Å²) in [5.74, 6) is 1.31. The first-order chi connectivity index (χ1) is 4.35. The summed E-state index contributed by atoms with van der Waals surface area (Å²) in [6.07, 6.45) is 1.04. The van der Waals surface area contributed by atoms with Crippen LogP contribution in [-0.2, 0) is 9.47 Å². The Kier molecular flexibility index (Phi) is 5.99. The third kappa shape index (κ3) is 4.43. The van der Waals surface area contributed by atoms with Gasteiger partial charge in [-0.05, 0) is 6.42 Å². The normalized spacial score (nSPS) is 10.7.